The van der Waals surface area contributed by atoms with E-state index in [1.165, 1.54) is 0 Å². The van der Waals surface area contributed by atoms with Gasteiger partial charge in [0.1, 0.15) is 0 Å². The summed E-state index contributed by atoms with van der Waals surface area (Å²) in [5.41, 5.74) is 1.92. The van der Waals surface area contributed by atoms with E-state index in [0.717, 1.165) is 36.1 Å². The van der Waals surface area contributed by atoms with Gasteiger partial charge in [-0.05, 0) is 67.0 Å². The van der Waals surface area contributed by atoms with Gasteiger partial charge in [-0.25, -0.2) is 4.79 Å². The van der Waals surface area contributed by atoms with E-state index in [0.29, 0.717) is 36.1 Å². The third kappa shape index (κ3) is 4.26. The predicted molar refractivity (Wildman–Crippen MR) is 125 cm³/mol. The molecule has 7 heteroatoms. The number of piperidine rings is 1. The van der Waals surface area contributed by atoms with E-state index in [2.05, 4.69) is 10.6 Å². The van der Waals surface area contributed by atoms with Crippen molar-refractivity contribution in [1.82, 2.24) is 10.2 Å². The van der Waals surface area contributed by atoms with Crippen molar-refractivity contribution in [2.45, 2.75) is 38.0 Å². The van der Waals surface area contributed by atoms with Crippen LogP contribution < -0.4 is 10.6 Å². The van der Waals surface area contributed by atoms with Gasteiger partial charge in [-0.15, -0.1) is 0 Å². The molecule has 2 heterocycles. The van der Waals surface area contributed by atoms with Gasteiger partial charge in [0.25, 0.3) is 0 Å². The topological polar surface area (TPSA) is 61.4 Å². The Balaban J connectivity index is 1.73. The van der Waals surface area contributed by atoms with Crippen molar-refractivity contribution in [2.75, 3.05) is 25.0 Å². The maximum atomic E-state index is 13.6. The number of carbonyl (C=O) groups is 2. The molecule has 2 unspecified atom stereocenters. The van der Waals surface area contributed by atoms with Crippen LogP contribution in [0.1, 0.15) is 37.3 Å². The third-order valence-corrected chi connectivity index (χ3v) is 6.89. The number of rotatable bonds is 5. The summed E-state index contributed by atoms with van der Waals surface area (Å²) >= 11 is 12.5. The largest absolute Gasteiger partial charge is 0.338 e. The fourth-order valence-electron chi connectivity index (χ4n) is 4.97. The molecule has 2 atom stereocenters. The van der Waals surface area contributed by atoms with Crippen molar-refractivity contribution >= 4 is 40.8 Å². The molecule has 4 rings (SSSR count). The summed E-state index contributed by atoms with van der Waals surface area (Å²) in [6.07, 6.45) is 3.13. The van der Waals surface area contributed by atoms with E-state index >= 15 is 0 Å². The SMILES string of the molecule is CCCNC(=O)N1CCCC(C2(Cc3cccc(Cl)c3)C(=O)Nc3cc(Cl)ccc32)C1. The van der Waals surface area contributed by atoms with Crippen molar-refractivity contribution in [3.05, 3.63) is 63.6 Å². The molecule has 2 aliphatic rings. The first-order valence-corrected chi connectivity index (χ1v) is 11.6. The van der Waals surface area contributed by atoms with E-state index in [1.54, 1.807) is 0 Å². The monoisotopic (exact) mass is 459 g/mol. The van der Waals surface area contributed by atoms with Crippen LogP contribution in [0, 0.1) is 5.92 Å². The highest BCUT2D eigenvalue weighted by atomic mass is 35.5. The lowest BCUT2D eigenvalue weighted by Gasteiger charge is -2.42. The number of nitrogens with zero attached hydrogens (tertiary/aromatic N) is 1. The van der Waals surface area contributed by atoms with Crippen molar-refractivity contribution in [1.29, 1.82) is 0 Å². The standard InChI is InChI=1S/C24H27Cl2N3O2/c1-2-10-27-23(31)29-11-4-6-17(15-29)24(14-16-5-3-7-18(25)12-16)20-9-8-19(26)13-21(20)28-22(24)30/h3,5,7-9,12-13,17H,2,4,6,10-11,14-15H2,1H3,(H,27,31)(H,28,30). The summed E-state index contributed by atoms with van der Waals surface area (Å²) in [4.78, 5) is 28.1. The van der Waals surface area contributed by atoms with Crippen molar-refractivity contribution in [3.63, 3.8) is 0 Å². The molecule has 164 valence electrons. The number of benzene rings is 2. The number of nitrogens with one attached hydrogen (secondary N) is 2. The number of anilines is 1. The van der Waals surface area contributed by atoms with Gasteiger partial charge in [0.15, 0.2) is 0 Å². The van der Waals surface area contributed by atoms with Gasteiger partial charge in [0, 0.05) is 35.4 Å². The number of amides is 3. The van der Waals surface area contributed by atoms with Crippen LogP contribution >= 0.6 is 23.2 Å². The Morgan fingerprint density at radius 2 is 2.03 bits per heavy atom. The van der Waals surface area contributed by atoms with E-state index in [9.17, 15) is 9.59 Å². The van der Waals surface area contributed by atoms with Gasteiger partial charge < -0.3 is 15.5 Å². The van der Waals surface area contributed by atoms with E-state index in [-0.39, 0.29) is 17.9 Å². The molecule has 0 aliphatic carbocycles. The molecular formula is C24H27Cl2N3O2. The highest BCUT2D eigenvalue weighted by molar-refractivity contribution is 6.31. The van der Waals surface area contributed by atoms with Gasteiger partial charge >= 0.3 is 6.03 Å². The average Bonchev–Trinajstić information content (AvgIpc) is 3.03. The number of fused-ring (bicyclic) bond motifs is 1. The lowest BCUT2D eigenvalue weighted by molar-refractivity contribution is -0.123. The van der Waals surface area contributed by atoms with Crippen molar-refractivity contribution in [2.24, 2.45) is 5.92 Å². The normalized spacial score (nSPS) is 22.7. The minimum atomic E-state index is -0.783. The Morgan fingerprint density at radius 3 is 2.81 bits per heavy atom. The predicted octanol–water partition coefficient (Wildman–Crippen LogP) is 5.26. The van der Waals surface area contributed by atoms with Gasteiger partial charge in [-0.3, -0.25) is 4.79 Å². The van der Waals surface area contributed by atoms with E-state index in [1.807, 2.05) is 54.3 Å². The second-order valence-electron chi connectivity index (χ2n) is 8.44. The first-order valence-electron chi connectivity index (χ1n) is 10.8. The van der Waals surface area contributed by atoms with Crippen LogP contribution in [-0.4, -0.2) is 36.5 Å². The minimum absolute atomic E-state index is 0.0185. The fraction of sp³-hybridized carbons (Fsp3) is 0.417. The lowest BCUT2D eigenvalue weighted by atomic mass is 9.65. The maximum Gasteiger partial charge on any atom is 0.317 e. The number of urea groups is 1. The van der Waals surface area contributed by atoms with Gasteiger partial charge in [0.2, 0.25) is 5.91 Å². The molecule has 31 heavy (non-hydrogen) atoms. The first-order chi connectivity index (χ1) is 14.9. The summed E-state index contributed by atoms with van der Waals surface area (Å²) in [6, 6.07) is 13.2. The number of likely N-dealkylation sites (tertiary alicyclic amines) is 1. The van der Waals surface area contributed by atoms with Crippen molar-refractivity contribution in [3.8, 4) is 0 Å². The van der Waals surface area contributed by atoms with Crippen LogP contribution in [0.15, 0.2) is 42.5 Å². The zero-order valence-corrected chi connectivity index (χ0v) is 19.1. The van der Waals surface area contributed by atoms with Crippen LogP contribution in [0.4, 0.5) is 10.5 Å². The molecule has 5 nitrogen and oxygen atoms in total. The second kappa shape index (κ2) is 9.09. The third-order valence-electron chi connectivity index (χ3n) is 6.42. The van der Waals surface area contributed by atoms with Gasteiger partial charge in [-0.2, -0.15) is 0 Å². The summed E-state index contributed by atoms with van der Waals surface area (Å²) in [6.45, 7) is 3.92. The number of halogens is 2. The molecular weight excluding hydrogens is 433 g/mol. The Labute approximate surface area is 193 Å². The molecule has 0 bridgehead atoms. The maximum absolute atomic E-state index is 13.6. The number of hydrogen-bond donors (Lipinski definition) is 2. The molecule has 2 N–H and O–H groups in total. The fourth-order valence-corrected chi connectivity index (χ4v) is 5.35. The van der Waals surface area contributed by atoms with E-state index < -0.39 is 5.41 Å². The molecule has 3 amide bonds. The van der Waals surface area contributed by atoms with Crippen LogP contribution in [0.2, 0.25) is 10.0 Å². The minimum Gasteiger partial charge on any atom is -0.338 e. The molecule has 2 aliphatic heterocycles. The molecule has 1 saturated heterocycles. The molecule has 0 aromatic heterocycles. The summed E-state index contributed by atoms with van der Waals surface area (Å²) in [7, 11) is 0. The average molecular weight is 460 g/mol. The Bertz CT molecular complexity index is 997. The zero-order valence-electron chi connectivity index (χ0n) is 17.6. The Morgan fingerprint density at radius 1 is 1.23 bits per heavy atom. The highest BCUT2D eigenvalue weighted by Gasteiger charge is 2.53. The molecule has 0 spiro atoms. The highest BCUT2D eigenvalue weighted by Crippen LogP contribution is 2.49. The Hall–Kier alpha value is -2.24. The number of carbonyl (C=O) groups excluding carboxylic acids is 2. The van der Waals surface area contributed by atoms with Gasteiger partial charge in [0.05, 0.1) is 5.41 Å². The summed E-state index contributed by atoms with van der Waals surface area (Å²) in [5, 5.41) is 7.27. The Kier molecular flexibility index (Phi) is 6.44. The second-order valence-corrected chi connectivity index (χ2v) is 9.31. The zero-order chi connectivity index (χ0) is 22.0. The van der Waals surface area contributed by atoms with Crippen molar-refractivity contribution < 1.29 is 9.59 Å². The molecule has 2 aromatic rings. The first kappa shape index (κ1) is 22.0. The van der Waals surface area contributed by atoms with Crippen LogP contribution in [0.5, 0.6) is 0 Å². The van der Waals surface area contributed by atoms with E-state index in [4.69, 9.17) is 23.2 Å². The molecule has 0 saturated carbocycles. The van der Waals surface area contributed by atoms with Gasteiger partial charge in [-0.1, -0.05) is 48.3 Å². The molecule has 2 aromatic carbocycles. The number of hydrogen-bond acceptors (Lipinski definition) is 2. The quantitative estimate of drug-likeness (QED) is 0.640. The lowest BCUT2D eigenvalue weighted by Crippen LogP contribution is -2.53. The summed E-state index contributed by atoms with van der Waals surface area (Å²) < 4.78 is 0. The van der Waals surface area contributed by atoms with Crippen LogP contribution in [0.3, 0.4) is 0 Å². The van der Waals surface area contributed by atoms with Crippen LogP contribution in [0.25, 0.3) is 0 Å². The van der Waals surface area contributed by atoms with Crippen LogP contribution in [-0.2, 0) is 16.6 Å². The smallest absolute Gasteiger partial charge is 0.317 e. The summed E-state index contributed by atoms with van der Waals surface area (Å²) in [5.74, 6) is -0.0550. The molecule has 1 fully saturated rings. The molecule has 0 radical (unpaired) electrons.